The van der Waals surface area contributed by atoms with Gasteiger partial charge in [-0.05, 0) is 12.5 Å². The monoisotopic (exact) mass is 247 g/mol. The summed E-state index contributed by atoms with van der Waals surface area (Å²) >= 11 is 0. The number of hydrogen-bond acceptors (Lipinski definition) is 5. The van der Waals surface area contributed by atoms with Crippen LogP contribution in [0.3, 0.4) is 0 Å². The molecule has 2 rings (SSSR count). The topological polar surface area (TPSA) is 71.2 Å². The summed E-state index contributed by atoms with van der Waals surface area (Å²) in [5.74, 6) is 1.65. The van der Waals surface area contributed by atoms with Gasteiger partial charge in [0, 0.05) is 32.0 Å². The molecule has 5 heteroatoms. The Morgan fingerprint density at radius 3 is 2.89 bits per heavy atom. The minimum absolute atomic E-state index is 0.361. The Bertz CT molecular complexity index is 523. The minimum atomic E-state index is 0.361. The Balaban J connectivity index is 1.80. The molecule has 0 saturated carbocycles. The largest absolute Gasteiger partial charge is 0.507 e. The van der Waals surface area contributed by atoms with Crippen LogP contribution in [0.25, 0.3) is 0 Å². The zero-order valence-corrected chi connectivity index (χ0v) is 10.6. The molecule has 0 aliphatic heterocycles. The molecule has 18 heavy (non-hydrogen) atoms. The third-order valence-corrected chi connectivity index (χ3v) is 2.73. The van der Waals surface area contributed by atoms with E-state index < -0.39 is 0 Å². The van der Waals surface area contributed by atoms with Gasteiger partial charge in [0.15, 0.2) is 5.82 Å². The van der Waals surface area contributed by atoms with E-state index in [1.54, 1.807) is 6.92 Å². The molecule has 0 atom stereocenters. The average molecular weight is 247 g/mol. The van der Waals surface area contributed by atoms with Gasteiger partial charge in [-0.25, -0.2) is 0 Å². The molecule has 2 aromatic rings. The van der Waals surface area contributed by atoms with Crippen molar-refractivity contribution in [1.29, 1.82) is 0 Å². The third-order valence-electron chi connectivity index (χ3n) is 2.73. The van der Waals surface area contributed by atoms with Crippen molar-refractivity contribution in [2.45, 2.75) is 26.8 Å². The summed E-state index contributed by atoms with van der Waals surface area (Å²) in [7, 11) is 0. The van der Waals surface area contributed by atoms with Crippen molar-refractivity contribution in [3.05, 3.63) is 41.0 Å². The van der Waals surface area contributed by atoms with Gasteiger partial charge in [-0.1, -0.05) is 23.4 Å². The molecule has 1 aromatic carbocycles. The Morgan fingerprint density at radius 1 is 1.33 bits per heavy atom. The summed E-state index contributed by atoms with van der Waals surface area (Å²) < 4.78 is 4.89. The Hall–Kier alpha value is -1.88. The molecule has 1 heterocycles. The van der Waals surface area contributed by atoms with Gasteiger partial charge in [0.2, 0.25) is 5.89 Å². The number of rotatable bonds is 5. The van der Waals surface area contributed by atoms with Crippen molar-refractivity contribution in [3.8, 4) is 5.75 Å². The van der Waals surface area contributed by atoms with Gasteiger partial charge < -0.3 is 14.9 Å². The number of aromatic nitrogens is 2. The summed E-state index contributed by atoms with van der Waals surface area (Å²) in [5.41, 5.74) is 1.79. The van der Waals surface area contributed by atoms with Gasteiger partial charge in [0.1, 0.15) is 5.75 Å². The predicted octanol–water partition coefficient (Wildman–Crippen LogP) is 1.72. The number of nitrogens with zero attached hydrogens (tertiary/aromatic N) is 2. The normalized spacial score (nSPS) is 10.8. The molecule has 0 spiro atoms. The number of hydrogen-bond donors (Lipinski definition) is 2. The van der Waals surface area contributed by atoms with E-state index in [0.717, 1.165) is 17.7 Å². The fourth-order valence-corrected chi connectivity index (χ4v) is 1.73. The Labute approximate surface area is 106 Å². The van der Waals surface area contributed by atoms with Crippen molar-refractivity contribution in [1.82, 2.24) is 15.5 Å². The Morgan fingerprint density at radius 2 is 2.17 bits per heavy atom. The highest BCUT2D eigenvalue weighted by molar-refractivity contribution is 5.39. The van der Waals surface area contributed by atoms with Crippen LogP contribution < -0.4 is 5.32 Å². The highest BCUT2D eigenvalue weighted by Gasteiger charge is 2.04. The fraction of sp³-hybridized carbons (Fsp3) is 0.385. The molecule has 2 N–H and O–H groups in total. The van der Waals surface area contributed by atoms with E-state index in [4.69, 9.17) is 4.52 Å². The quantitative estimate of drug-likeness (QED) is 0.787. The van der Waals surface area contributed by atoms with E-state index >= 15 is 0 Å². The zero-order chi connectivity index (χ0) is 13.0. The van der Waals surface area contributed by atoms with Crippen molar-refractivity contribution in [3.63, 3.8) is 0 Å². The lowest BCUT2D eigenvalue weighted by Gasteiger charge is -2.07. The molecular weight excluding hydrogens is 230 g/mol. The highest BCUT2D eigenvalue weighted by atomic mass is 16.5. The molecule has 0 radical (unpaired) electrons. The molecule has 0 fully saturated rings. The maximum Gasteiger partial charge on any atom is 0.223 e. The summed E-state index contributed by atoms with van der Waals surface area (Å²) in [4.78, 5) is 4.12. The number of phenols is 1. The molecule has 0 saturated heterocycles. The number of aryl methyl sites for hydroxylation is 2. The lowest BCUT2D eigenvalue weighted by atomic mass is 10.1. The Kier molecular flexibility index (Phi) is 3.94. The number of benzene rings is 1. The van der Waals surface area contributed by atoms with E-state index in [0.29, 0.717) is 30.4 Å². The van der Waals surface area contributed by atoms with Crippen molar-refractivity contribution in [2.75, 3.05) is 6.54 Å². The second-order valence-corrected chi connectivity index (χ2v) is 4.24. The van der Waals surface area contributed by atoms with Crippen LogP contribution in [0.2, 0.25) is 0 Å². The maximum absolute atomic E-state index is 9.84. The van der Waals surface area contributed by atoms with Crippen molar-refractivity contribution < 1.29 is 9.63 Å². The lowest BCUT2D eigenvalue weighted by Crippen LogP contribution is -2.17. The molecule has 0 aliphatic carbocycles. The number of phenolic OH excluding ortho intramolecular Hbond substituents is 1. The fourth-order valence-electron chi connectivity index (χ4n) is 1.73. The standard InChI is InChI=1S/C13H17N3O2/c1-9-4-3-5-11(13(9)17)8-14-7-6-12-15-10(2)18-16-12/h3-5,14,17H,6-8H2,1-2H3. The first kappa shape index (κ1) is 12.6. The first-order valence-electron chi connectivity index (χ1n) is 5.94. The summed E-state index contributed by atoms with van der Waals surface area (Å²) in [6, 6.07) is 5.74. The molecule has 0 amide bonds. The van der Waals surface area contributed by atoms with Gasteiger partial charge in [0.25, 0.3) is 0 Å². The third kappa shape index (κ3) is 3.07. The van der Waals surface area contributed by atoms with Crippen LogP contribution in [0.5, 0.6) is 5.75 Å². The van der Waals surface area contributed by atoms with Gasteiger partial charge >= 0.3 is 0 Å². The van der Waals surface area contributed by atoms with Crippen LogP contribution >= 0.6 is 0 Å². The van der Waals surface area contributed by atoms with Crippen molar-refractivity contribution >= 4 is 0 Å². The minimum Gasteiger partial charge on any atom is -0.507 e. The van der Waals surface area contributed by atoms with Crippen LogP contribution in [0.4, 0.5) is 0 Å². The summed E-state index contributed by atoms with van der Waals surface area (Å²) in [6.07, 6.45) is 0.712. The average Bonchev–Trinajstić information content (AvgIpc) is 2.76. The van der Waals surface area contributed by atoms with Crippen LogP contribution in [-0.2, 0) is 13.0 Å². The van der Waals surface area contributed by atoms with Gasteiger partial charge in [-0.15, -0.1) is 0 Å². The lowest BCUT2D eigenvalue weighted by molar-refractivity contribution is 0.387. The smallest absolute Gasteiger partial charge is 0.223 e. The predicted molar refractivity (Wildman–Crippen MR) is 67.3 cm³/mol. The molecule has 0 aliphatic rings. The number of aromatic hydroxyl groups is 1. The van der Waals surface area contributed by atoms with E-state index in [1.807, 2.05) is 25.1 Å². The number of nitrogens with one attached hydrogen (secondary N) is 1. The van der Waals surface area contributed by atoms with Gasteiger partial charge in [-0.2, -0.15) is 4.98 Å². The first-order chi connectivity index (χ1) is 8.66. The summed E-state index contributed by atoms with van der Waals surface area (Å²) in [5, 5.41) is 16.9. The van der Waals surface area contributed by atoms with Gasteiger partial charge in [0.05, 0.1) is 0 Å². The first-order valence-corrected chi connectivity index (χ1v) is 5.94. The SMILES string of the molecule is Cc1nc(CCNCc2cccc(C)c2O)no1. The summed E-state index contributed by atoms with van der Waals surface area (Å²) in [6.45, 7) is 5.03. The molecular formula is C13H17N3O2. The van der Waals surface area contributed by atoms with Crippen LogP contribution in [0.15, 0.2) is 22.7 Å². The molecule has 0 unspecified atom stereocenters. The maximum atomic E-state index is 9.84. The van der Waals surface area contributed by atoms with E-state index in [1.165, 1.54) is 0 Å². The molecule has 0 bridgehead atoms. The van der Waals surface area contributed by atoms with E-state index in [-0.39, 0.29) is 0 Å². The molecule has 96 valence electrons. The van der Waals surface area contributed by atoms with Crippen LogP contribution in [-0.4, -0.2) is 21.8 Å². The second-order valence-electron chi connectivity index (χ2n) is 4.24. The molecule has 1 aromatic heterocycles. The number of para-hydroxylation sites is 1. The van der Waals surface area contributed by atoms with E-state index in [9.17, 15) is 5.11 Å². The van der Waals surface area contributed by atoms with Gasteiger partial charge in [-0.3, -0.25) is 0 Å². The highest BCUT2D eigenvalue weighted by Crippen LogP contribution is 2.20. The second kappa shape index (κ2) is 5.64. The van der Waals surface area contributed by atoms with Crippen LogP contribution in [0, 0.1) is 13.8 Å². The van der Waals surface area contributed by atoms with E-state index in [2.05, 4.69) is 15.5 Å². The molecule has 5 nitrogen and oxygen atoms in total. The van der Waals surface area contributed by atoms with Crippen LogP contribution in [0.1, 0.15) is 22.8 Å². The van der Waals surface area contributed by atoms with Crippen molar-refractivity contribution in [2.24, 2.45) is 0 Å². The zero-order valence-electron chi connectivity index (χ0n) is 10.6.